The summed E-state index contributed by atoms with van der Waals surface area (Å²) in [4.78, 5) is 56.5. The van der Waals surface area contributed by atoms with Crippen LogP contribution < -0.4 is 10.1 Å². The lowest BCUT2D eigenvalue weighted by Crippen LogP contribution is -2.55. The summed E-state index contributed by atoms with van der Waals surface area (Å²) in [6, 6.07) is 24.1. The Labute approximate surface area is 261 Å². The molecule has 0 unspecified atom stereocenters. The molecule has 0 saturated carbocycles. The summed E-state index contributed by atoms with van der Waals surface area (Å²) in [5, 5.41) is 2.91. The van der Waals surface area contributed by atoms with Gasteiger partial charge in [0, 0.05) is 23.7 Å². The Morgan fingerprint density at radius 3 is 2.02 bits per heavy atom. The summed E-state index contributed by atoms with van der Waals surface area (Å²) in [5.74, 6) is 0.371. The van der Waals surface area contributed by atoms with Gasteiger partial charge in [0.25, 0.3) is 11.8 Å². The molecule has 3 aromatic carbocycles. The van der Waals surface area contributed by atoms with Crippen LogP contribution in [0.25, 0.3) is 0 Å². The quantitative estimate of drug-likeness (QED) is 0.308. The molecule has 1 aliphatic heterocycles. The maximum atomic E-state index is 13.8. The molecule has 0 radical (unpaired) electrons. The molecular formula is C36H45N3O5. The Hall–Kier alpha value is -4.46. The summed E-state index contributed by atoms with van der Waals surface area (Å²) in [6.45, 7) is 10.1. The molecule has 4 rings (SSSR count). The van der Waals surface area contributed by atoms with Crippen LogP contribution in [-0.4, -0.2) is 65.0 Å². The maximum absolute atomic E-state index is 13.8. The molecule has 1 heterocycles. The second-order valence-corrected chi connectivity index (χ2v) is 11.0. The predicted molar refractivity (Wildman–Crippen MR) is 173 cm³/mol. The Morgan fingerprint density at radius 2 is 1.43 bits per heavy atom. The van der Waals surface area contributed by atoms with Crippen molar-refractivity contribution >= 4 is 23.5 Å². The summed E-state index contributed by atoms with van der Waals surface area (Å²) >= 11 is 0. The number of hydrogen-bond acceptors (Lipinski definition) is 5. The highest BCUT2D eigenvalue weighted by molar-refractivity contribution is 6.00. The highest BCUT2D eigenvalue weighted by Gasteiger charge is 2.33. The van der Waals surface area contributed by atoms with Crippen LogP contribution in [0.1, 0.15) is 74.6 Å². The standard InChI is InChI=1S/C34H39N3O5.C2H6/c1-4-27-19-20-36(22-28(38)23-37(27)33(40)26-11-7-5-8-12-26)34(41)31(21-24(2)3)35-32(39)25-15-17-30(18-16-25)42-29-13-9-6-10-14-29;1-2/h5-18,24,27,31H,4,19-23H2,1-3H3,(H,35,39);1-2H3/t27-,31-;/m0./s1. The molecule has 2 atom stereocenters. The number of para-hydroxylation sites is 1. The van der Waals surface area contributed by atoms with Crippen molar-refractivity contribution < 1.29 is 23.9 Å². The number of amides is 3. The lowest BCUT2D eigenvalue weighted by molar-refractivity contribution is -0.138. The van der Waals surface area contributed by atoms with Crippen LogP contribution in [0.3, 0.4) is 0 Å². The molecule has 0 aliphatic carbocycles. The average molecular weight is 600 g/mol. The van der Waals surface area contributed by atoms with E-state index in [1.807, 2.05) is 71.0 Å². The Bertz CT molecular complexity index is 1360. The minimum Gasteiger partial charge on any atom is -0.457 e. The van der Waals surface area contributed by atoms with E-state index in [0.717, 1.165) is 0 Å². The van der Waals surface area contributed by atoms with Crippen molar-refractivity contribution in [3.63, 3.8) is 0 Å². The van der Waals surface area contributed by atoms with Crippen molar-refractivity contribution in [2.24, 2.45) is 5.92 Å². The highest BCUT2D eigenvalue weighted by atomic mass is 16.5. The first-order valence-electron chi connectivity index (χ1n) is 15.6. The third kappa shape index (κ3) is 9.53. The predicted octanol–water partition coefficient (Wildman–Crippen LogP) is 6.37. The van der Waals surface area contributed by atoms with Crippen LogP contribution in [0.5, 0.6) is 11.5 Å². The highest BCUT2D eigenvalue weighted by Crippen LogP contribution is 2.22. The van der Waals surface area contributed by atoms with Gasteiger partial charge in [-0.2, -0.15) is 0 Å². The zero-order valence-electron chi connectivity index (χ0n) is 26.5. The third-order valence-corrected chi connectivity index (χ3v) is 7.36. The number of Topliss-reactive ketones (excluding diaryl/α,β-unsaturated/α-hetero) is 1. The van der Waals surface area contributed by atoms with E-state index < -0.39 is 6.04 Å². The topological polar surface area (TPSA) is 96.0 Å². The first-order chi connectivity index (χ1) is 21.2. The number of carbonyl (C=O) groups excluding carboxylic acids is 4. The number of nitrogens with zero attached hydrogens (tertiary/aromatic N) is 2. The number of benzene rings is 3. The number of carbonyl (C=O) groups is 4. The number of ketones is 1. The number of ether oxygens (including phenoxy) is 1. The third-order valence-electron chi connectivity index (χ3n) is 7.36. The smallest absolute Gasteiger partial charge is 0.254 e. The second-order valence-electron chi connectivity index (χ2n) is 11.0. The minimum absolute atomic E-state index is 0.0609. The summed E-state index contributed by atoms with van der Waals surface area (Å²) in [7, 11) is 0. The van der Waals surface area contributed by atoms with E-state index in [2.05, 4.69) is 5.32 Å². The summed E-state index contributed by atoms with van der Waals surface area (Å²) in [5.41, 5.74) is 0.943. The zero-order valence-corrected chi connectivity index (χ0v) is 26.5. The van der Waals surface area contributed by atoms with E-state index in [0.29, 0.717) is 48.4 Å². The molecule has 3 aromatic rings. The molecule has 1 aliphatic rings. The van der Waals surface area contributed by atoms with Crippen molar-refractivity contribution in [2.45, 2.75) is 66.0 Å². The van der Waals surface area contributed by atoms with Crippen molar-refractivity contribution in [3.8, 4) is 11.5 Å². The van der Waals surface area contributed by atoms with Crippen molar-refractivity contribution in [3.05, 3.63) is 96.1 Å². The van der Waals surface area contributed by atoms with Gasteiger partial charge in [0.05, 0.1) is 13.1 Å². The fourth-order valence-electron chi connectivity index (χ4n) is 5.17. The minimum atomic E-state index is -0.785. The molecule has 3 amide bonds. The second kappa shape index (κ2) is 17.0. The normalized spacial score (nSPS) is 15.8. The Morgan fingerprint density at radius 1 is 0.841 bits per heavy atom. The van der Waals surface area contributed by atoms with E-state index in [4.69, 9.17) is 4.74 Å². The molecule has 0 bridgehead atoms. The van der Waals surface area contributed by atoms with Crippen LogP contribution in [0.15, 0.2) is 84.9 Å². The molecule has 0 spiro atoms. The van der Waals surface area contributed by atoms with Crippen LogP contribution in [-0.2, 0) is 9.59 Å². The van der Waals surface area contributed by atoms with Crippen molar-refractivity contribution in [2.75, 3.05) is 19.6 Å². The van der Waals surface area contributed by atoms with Crippen LogP contribution in [0.2, 0.25) is 0 Å². The fourth-order valence-corrected chi connectivity index (χ4v) is 5.17. The Kier molecular flexibility index (Phi) is 13.1. The van der Waals surface area contributed by atoms with Crippen LogP contribution in [0, 0.1) is 5.92 Å². The van der Waals surface area contributed by atoms with Gasteiger partial charge in [0.15, 0.2) is 5.78 Å². The van der Waals surface area contributed by atoms with E-state index in [-0.39, 0.29) is 48.6 Å². The van der Waals surface area contributed by atoms with Gasteiger partial charge in [-0.15, -0.1) is 0 Å². The summed E-state index contributed by atoms with van der Waals surface area (Å²) in [6.07, 6.45) is 1.63. The molecule has 8 heteroatoms. The van der Waals surface area contributed by atoms with Gasteiger partial charge in [-0.25, -0.2) is 0 Å². The molecular weight excluding hydrogens is 554 g/mol. The molecule has 1 N–H and O–H groups in total. The van der Waals surface area contributed by atoms with Gasteiger partial charge in [-0.05, 0) is 73.7 Å². The lowest BCUT2D eigenvalue weighted by atomic mass is 10.00. The number of hydrogen-bond donors (Lipinski definition) is 1. The van der Waals surface area contributed by atoms with E-state index in [1.54, 1.807) is 58.3 Å². The molecule has 1 fully saturated rings. The van der Waals surface area contributed by atoms with Crippen LogP contribution >= 0.6 is 0 Å². The first-order valence-corrected chi connectivity index (χ1v) is 15.6. The van der Waals surface area contributed by atoms with E-state index in [1.165, 1.54) is 0 Å². The van der Waals surface area contributed by atoms with Crippen molar-refractivity contribution in [1.29, 1.82) is 0 Å². The molecule has 0 aromatic heterocycles. The van der Waals surface area contributed by atoms with Crippen molar-refractivity contribution in [1.82, 2.24) is 15.1 Å². The van der Waals surface area contributed by atoms with Crippen LogP contribution in [0.4, 0.5) is 0 Å². The first kappa shape index (κ1) is 34.0. The lowest BCUT2D eigenvalue weighted by Gasteiger charge is -2.37. The van der Waals surface area contributed by atoms with Gasteiger partial charge in [0.1, 0.15) is 17.5 Å². The van der Waals surface area contributed by atoms with E-state index in [9.17, 15) is 19.2 Å². The number of nitrogens with one attached hydrogen (secondary N) is 1. The fraction of sp³-hybridized carbons (Fsp3) is 0.389. The van der Waals surface area contributed by atoms with Gasteiger partial charge >= 0.3 is 0 Å². The van der Waals surface area contributed by atoms with Gasteiger partial charge < -0.3 is 19.9 Å². The average Bonchev–Trinajstić information content (AvgIpc) is 3.03. The SMILES string of the molecule is CC.CC[C@H]1CCN(C(=O)[C@H](CC(C)C)NC(=O)c2ccc(Oc3ccccc3)cc2)CC(=O)CN1C(=O)c1ccccc1. The zero-order chi connectivity index (χ0) is 32.1. The summed E-state index contributed by atoms with van der Waals surface area (Å²) < 4.78 is 5.81. The van der Waals surface area contributed by atoms with Gasteiger partial charge in [-0.3, -0.25) is 19.2 Å². The number of rotatable bonds is 9. The molecule has 44 heavy (non-hydrogen) atoms. The molecule has 8 nitrogen and oxygen atoms in total. The molecule has 234 valence electrons. The van der Waals surface area contributed by atoms with Gasteiger partial charge in [0.2, 0.25) is 5.91 Å². The van der Waals surface area contributed by atoms with E-state index >= 15 is 0 Å². The largest absolute Gasteiger partial charge is 0.457 e. The monoisotopic (exact) mass is 599 g/mol. The Balaban J connectivity index is 0.00000259. The maximum Gasteiger partial charge on any atom is 0.254 e. The molecule has 1 saturated heterocycles. The van der Waals surface area contributed by atoms with Gasteiger partial charge in [-0.1, -0.05) is 71.0 Å².